The van der Waals surface area contributed by atoms with E-state index in [2.05, 4.69) is 60.5 Å². The highest BCUT2D eigenvalue weighted by atomic mass is 15.1. The van der Waals surface area contributed by atoms with Crippen molar-refractivity contribution in [3.63, 3.8) is 0 Å². The van der Waals surface area contributed by atoms with Gasteiger partial charge in [0.1, 0.15) is 0 Å². The number of unbranched alkanes of at least 4 members (excludes halogenated alkanes) is 1. The van der Waals surface area contributed by atoms with E-state index in [9.17, 15) is 0 Å². The maximum absolute atomic E-state index is 5.78. The molecular formula is C16H28N4. The summed E-state index contributed by atoms with van der Waals surface area (Å²) in [5, 5.41) is 3.12. The van der Waals surface area contributed by atoms with Crippen molar-refractivity contribution in [2.24, 2.45) is 10.7 Å². The van der Waals surface area contributed by atoms with Crippen molar-refractivity contribution in [3.8, 4) is 0 Å². The average Bonchev–Trinajstić information content (AvgIpc) is 2.44. The Balaban J connectivity index is 2.25. The molecule has 1 aromatic carbocycles. The molecule has 0 aliphatic carbocycles. The lowest BCUT2D eigenvalue weighted by molar-refractivity contribution is 0.744. The van der Waals surface area contributed by atoms with Crippen LogP contribution in [0, 0.1) is 0 Å². The van der Waals surface area contributed by atoms with Crippen molar-refractivity contribution in [3.05, 3.63) is 29.8 Å². The first-order valence-corrected chi connectivity index (χ1v) is 7.43. The van der Waals surface area contributed by atoms with Crippen LogP contribution in [-0.2, 0) is 6.42 Å². The highest BCUT2D eigenvalue weighted by Crippen LogP contribution is 2.13. The molecular weight excluding hydrogens is 248 g/mol. The highest BCUT2D eigenvalue weighted by Gasteiger charge is 1.97. The molecule has 4 heteroatoms. The van der Waals surface area contributed by atoms with Gasteiger partial charge in [-0.25, -0.2) is 0 Å². The predicted octanol–water partition coefficient (Wildman–Crippen LogP) is 2.39. The molecule has 0 bridgehead atoms. The SMILES string of the molecule is CCCCNC(N)=NCCCc1ccc(N(C)C)cc1. The number of hydrogen-bond donors (Lipinski definition) is 2. The van der Waals surface area contributed by atoms with Crippen molar-refractivity contribution in [2.45, 2.75) is 32.6 Å². The molecule has 0 radical (unpaired) electrons. The van der Waals surface area contributed by atoms with E-state index in [0.29, 0.717) is 5.96 Å². The van der Waals surface area contributed by atoms with E-state index < -0.39 is 0 Å². The van der Waals surface area contributed by atoms with E-state index in [4.69, 9.17) is 5.73 Å². The summed E-state index contributed by atoms with van der Waals surface area (Å²) in [7, 11) is 4.11. The number of benzene rings is 1. The second-order valence-electron chi connectivity index (χ2n) is 5.21. The minimum atomic E-state index is 0.571. The molecule has 3 N–H and O–H groups in total. The van der Waals surface area contributed by atoms with Gasteiger partial charge in [-0.05, 0) is 37.0 Å². The first kappa shape index (κ1) is 16.3. The molecule has 0 aromatic heterocycles. The Morgan fingerprint density at radius 2 is 1.90 bits per heavy atom. The third-order valence-electron chi connectivity index (χ3n) is 3.19. The summed E-state index contributed by atoms with van der Waals surface area (Å²) < 4.78 is 0. The summed E-state index contributed by atoms with van der Waals surface area (Å²) in [6.45, 7) is 3.86. The van der Waals surface area contributed by atoms with Crippen molar-refractivity contribution >= 4 is 11.6 Å². The zero-order chi connectivity index (χ0) is 14.8. The number of hydrogen-bond acceptors (Lipinski definition) is 2. The lowest BCUT2D eigenvalue weighted by Crippen LogP contribution is -2.32. The van der Waals surface area contributed by atoms with Gasteiger partial charge in [0, 0.05) is 32.9 Å². The normalized spacial score (nSPS) is 11.4. The van der Waals surface area contributed by atoms with E-state index in [-0.39, 0.29) is 0 Å². The molecule has 0 unspecified atom stereocenters. The van der Waals surface area contributed by atoms with Crippen LogP contribution in [0.15, 0.2) is 29.3 Å². The van der Waals surface area contributed by atoms with Crippen LogP contribution in [0.25, 0.3) is 0 Å². The Morgan fingerprint density at radius 1 is 1.20 bits per heavy atom. The lowest BCUT2D eigenvalue weighted by atomic mass is 10.1. The van der Waals surface area contributed by atoms with Crippen molar-refractivity contribution in [1.82, 2.24) is 5.32 Å². The summed E-state index contributed by atoms with van der Waals surface area (Å²) >= 11 is 0. The Hall–Kier alpha value is -1.71. The third-order valence-corrected chi connectivity index (χ3v) is 3.19. The zero-order valence-corrected chi connectivity index (χ0v) is 13.0. The summed E-state index contributed by atoms with van der Waals surface area (Å²) in [5.74, 6) is 0.571. The smallest absolute Gasteiger partial charge is 0.188 e. The van der Waals surface area contributed by atoms with Gasteiger partial charge in [-0.15, -0.1) is 0 Å². The molecule has 0 aliphatic heterocycles. The van der Waals surface area contributed by atoms with Crippen molar-refractivity contribution < 1.29 is 0 Å². The molecule has 0 amide bonds. The molecule has 0 spiro atoms. The number of nitrogens with two attached hydrogens (primary N) is 1. The minimum Gasteiger partial charge on any atom is -0.378 e. The fourth-order valence-corrected chi connectivity index (χ4v) is 1.89. The van der Waals surface area contributed by atoms with E-state index in [1.165, 1.54) is 17.7 Å². The molecule has 0 saturated carbocycles. The van der Waals surface area contributed by atoms with Gasteiger partial charge in [0.15, 0.2) is 5.96 Å². The van der Waals surface area contributed by atoms with Crippen molar-refractivity contribution in [1.29, 1.82) is 0 Å². The number of aryl methyl sites for hydroxylation is 1. The second-order valence-corrected chi connectivity index (χ2v) is 5.21. The number of rotatable bonds is 8. The average molecular weight is 276 g/mol. The maximum atomic E-state index is 5.78. The van der Waals surface area contributed by atoms with Crippen LogP contribution < -0.4 is 16.0 Å². The Labute approximate surface area is 123 Å². The zero-order valence-electron chi connectivity index (χ0n) is 13.0. The first-order chi connectivity index (χ1) is 9.63. The predicted molar refractivity (Wildman–Crippen MR) is 88.5 cm³/mol. The van der Waals surface area contributed by atoms with Gasteiger partial charge in [-0.3, -0.25) is 4.99 Å². The van der Waals surface area contributed by atoms with Gasteiger partial charge in [0.05, 0.1) is 0 Å². The molecule has 0 aliphatic rings. The first-order valence-electron chi connectivity index (χ1n) is 7.43. The summed E-state index contributed by atoms with van der Waals surface area (Å²) in [5.41, 5.74) is 8.36. The standard InChI is InChI=1S/C16H28N4/c1-4-5-12-18-16(17)19-13-6-7-14-8-10-15(11-9-14)20(2)3/h8-11H,4-7,12-13H2,1-3H3,(H3,17,18,19). The summed E-state index contributed by atoms with van der Waals surface area (Å²) in [6, 6.07) is 8.67. The molecule has 4 nitrogen and oxygen atoms in total. The van der Waals surface area contributed by atoms with Crippen LogP contribution in [0.4, 0.5) is 5.69 Å². The van der Waals surface area contributed by atoms with Gasteiger partial charge in [0.25, 0.3) is 0 Å². The van der Waals surface area contributed by atoms with Crippen LogP contribution >= 0.6 is 0 Å². The number of nitrogens with one attached hydrogen (secondary N) is 1. The Bertz CT molecular complexity index is 395. The number of anilines is 1. The summed E-state index contributed by atoms with van der Waals surface area (Å²) in [4.78, 5) is 6.44. The number of nitrogens with zero attached hydrogens (tertiary/aromatic N) is 2. The molecule has 20 heavy (non-hydrogen) atoms. The Morgan fingerprint density at radius 3 is 2.50 bits per heavy atom. The van der Waals surface area contributed by atoms with E-state index in [0.717, 1.165) is 32.4 Å². The third kappa shape index (κ3) is 6.45. The fourth-order valence-electron chi connectivity index (χ4n) is 1.89. The minimum absolute atomic E-state index is 0.571. The van der Waals surface area contributed by atoms with Crippen LogP contribution in [0.3, 0.4) is 0 Å². The van der Waals surface area contributed by atoms with Crippen molar-refractivity contribution in [2.75, 3.05) is 32.1 Å². The molecule has 0 saturated heterocycles. The topological polar surface area (TPSA) is 53.6 Å². The van der Waals surface area contributed by atoms with Gasteiger partial charge < -0.3 is 16.0 Å². The molecule has 1 rings (SSSR count). The maximum Gasteiger partial charge on any atom is 0.188 e. The highest BCUT2D eigenvalue weighted by molar-refractivity contribution is 5.77. The van der Waals surface area contributed by atoms with Gasteiger partial charge in [-0.2, -0.15) is 0 Å². The number of guanidine groups is 1. The lowest BCUT2D eigenvalue weighted by Gasteiger charge is -2.12. The van der Waals surface area contributed by atoms with Crippen LogP contribution in [0.5, 0.6) is 0 Å². The second kappa shape index (κ2) is 9.23. The van der Waals surface area contributed by atoms with E-state index in [1.54, 1.807) is 0 Å². The quantitative estimate of drug-likeness (QED) is 0.435. The van der Waals surface area contributed by atoms with Crippen LogP contribution in [0.2, 0.25) is 0 Å². The summed E-state index contributed by atoms with van der Waals surface area (Å²) in [6.07, 6.45) is 4.37. The van der Waals surface area contributed by atoms with Gasteiger partial charge >= 0.3 is 0 Å². The molecule has 0 fully saturated rings. The molecule has 112 valence electrons. The monoisotopic (exact) mass is 276 g/mol. The largest absolute Gasteiger partial charge is 0.378 e. The van der Waals surface area contributed by atoms with E-state index >= 15 is 0 Å². The Kier molecular flexibility index (Phi) is 7.55. The van der Waals surface area contributed by atoms with Gasteiger partial charge in [0.2, 0.25) is 0 Å². The van der Waals surface area contributed by atoms with Gasteiger partial charge in [-0.1, -0.05) is 25.5 Å². The van der Waals surface area contributed by atoms with E-state index in [1.807, 2.05) is 0 Å². The van der Waals surface area contributed by atoms with Crippen LogP contribution in [-0.4, -0.2) is 33.1 Å². The molecule has 1 aromatic rings. The fraction of sp³-hybridized carbons (Fsp3) is 0.562. The molecule has 0 heterocycles. The molecule has 0 atom stereocenters. The number of aliphatic imine (C=N–C) groups is 1. The van der Waals surface area contributed by atoms with Crippen LogP contribution in [0.1, 0.15) is 31.7 Å².